The van der Waals surface area contributed by atoms with Gasteiger partial charge in [-0.1, -0.05) is 6.08 Å². The SMILES string of the molecule is CC(C)(C)n1cc(C2=CCN(CCN3CCCC3=O)CC2)cn1. The zero-order chi connectivity index (χ0) is 16.4. The summed E-state index contributed by atoms with van der Waals surface area (Å²) in [7, 11) is 0. The molecule has 2 aliphatic rings. The third-order valence-electron chi connectivity index (χ3n) is 4.79. The van der Waals surface area contributed by atoms with E-state index in [-0.39, 0.29) is 5.54 Å². The van der Waals surface area contributed by atoms with Gasteiger partial charge in [0.15, 0.2) is 0 Å². The van der Waals surface area contributed by atoms with Crippen molar-refractivity contribution in [2.24, 2.45) is 0 Å². The molecule has 23 heavy (non-hydrogen) atoms. The lowest BCUT2D eigenvalue weighted by Crippen LogP contribution is -2.37. The highest BCUT2D eigenvalue weighted by Crippen LogP contribution is 2.24. The molecule has 0 N–H and O–H groups in total. The van der Waals surface area contributed by atoms with Crippen molar-refractivity contribution in [2.75, 3.05) is 32.7 Å². The van der Waals surface area contributed by atoms with Crippen LogP contribution in [0.2, 0.25) is 0 Å². The molecule has 3 rings (SSSR count). The minimum atomic E-state index is 0.0295. The summed E-state index contributed by atoms with van der Waals surface area (Å²) in [6.07, 6.45) is 9.28. The largest absolute Gasteiger partial charge is 0.341 e. The Bertz CT molecular complexity index is 596. The first kappa shape index (κ1) is 16.2. The Labute approximate surface area is 138 Å². The maximum absolute atomic E-state index is 11.7. The first-order valence-electron chi connectivity index (χ1n) is 8.68. The van der Waals surface area contributed by atoms with Crippen LogP contribution in [0.3, 0.4) is 0 Å². The number of likely N-dealkylation sites (tertiary alicyclic amines) is 1. The van der Waals surface area contributed by atoms with Gasteiger partial charge in [-0.05, 0) is 39.2 Å². The number of carbonyl (C=O) groups excluding carboxylic acids is 1. The van der Waals surface area contributed by atoms with Gasteiger partial charge in [-0.15, -0.1) is 0 Å². The fourth-order valence-corrected chi connectivity index (χ4v) is 3.23. The summed E-state index contributed by atoms with van der Waals surface area (Å²) >= 11 is 0. The quantitative estimate of drug-likeness (QED) is 0.856. The van der Waals surface area contributed by atoms with E-state index in [1.165, 1.54) is 11.1 Å². The van der Waals surface area contributed by atoms with Gasteiger partial charge < -0.3 is 4.90 Å². The van der Waals surface area contributed by atoms with Gasteiger partial charge in [0.05, 0.1) is 11.7 Å². The molecule has 1 amide bonds. The van der Waals surface area contributed by atoms with Crippen LogP contribution in [0.5, 0.6) is 0 Å². The molecule has 5 nitrogen and oxygen atoms in total. The van der Waals surface area contributed by atoms with Gasteiger partial charge >= 0.3 is 0 Å². The second kappa shape index (κ2) is 6.48. The fourth-order valence-electron chi connectivity index (χ4n) is 3.23. The van der Waals surface area contributed by atoms with Gasteiger partial charge in [-0.3, -0.25) is 14.4 Å². The zero-order valence-corrected chi connectivity index (χ0v) is 14.6. The van der Waals surface area contributed by atoms with Crippen LogP contribution in [0.1, 0.15) is 45.6 Å². The van der Waals surface area contributed by atoms with E-state index in [0.29, 0.717) is 5.91 Å². The van der Waals surface area contributed by atoms with E-state index in [1.807, 2.05) is 15.8 Å². The van der Waals surface area contributed by atoms with Crippen LogP contribution in [0.25, 0.3) is 5.57 Å². The topological polar surface area (TPSA) is 41.4 Å². The molecule has 0 atom stereocenters. The van der Waals surface area contributed by atoms with Gasteiger partial charge in [-0.2, -0.15) is 5.10 Å². The highest BCUT2D eigenvalue weighted by Gasteiger charge is 2.22. The van der Waals surface area contributed by atoms with Crippen molar-refractivity contribution in [2.45, 2.75) is 45.6 Å². The number of hydrogen-bond acceptors (Lipinski definition) is 3. The Kier molecular flexibility index (Phi) is 4.57. The normalized spacial score (nSPS) is 20.2. The second-order valence-electron chi connectivity index (χ2n) is 7.61. The molecule has 2 aliphatic heterocycles. The predicted molar refractivity (Wildman–Crippen MR) is 92.1 cm³/mol. The van der Waals surface area contributed by atoms with Crippen LogP contribution in [-0.4, -0.2) is 58.2 Å². The lowest BCUT2D eigenvalue weighted by Gasteiger charge is -2.28. The molecule has 1 aromatic heterocycles. The Balaban J connectivity index is 1.54. The maximum Gasteiger partial charge on any atom is 0.222 e. The summed E-state index contributed by atoms with van der Waals surface area (Å²) in [4.78, 5) is 16.1. The number of nitrogens with zero attached hydrogens (tertiary/aromatic N) is 4. The standard InChI is InChI=1S/C18H28N4O/c1-18(2,3)22-14-16(13-19-22)15-6-9-20(10-7-15)11-12-21-8-4-5-17(21)23/h6,13-14H,4-5,7-12H2,1-3H3. The first-order valence-corrected chi connectivity index (χ1v) is 8.68. The fraction of sp³-hybridized carbons (Fsp3) is 0.667. The summed E-state index contributed by atoms with van der Waals surface area (Å²) in [5.74, 6) is 0.327. The maximum atomic E-state index is 11.7. The molecule has 1 fully saturated rings. The molecule has 0 radical (unpaired) electrons. The Morgan fingerprint density at radius 3 is 2.57 bits per heavy atom. The van der Waals surface area contributed by atoms with E-state index < -0.39 is 0 Å². The number of carbonyl (C=O) groups is 1. The highest BCUT2D eigenvalue weighted by molar-refractivity contribution is 5.78. The van der Waals surface area contributed by atoms with Crippen LogP contribution in [0.15, 0.2) is 18.5 Å². The third kappa shape index (κ3) is 3.83. The van der Waals surface area contributed by atoms with Crippen molar-refractivity contribution in [3.63, 3.8) is 0 Å². The zero-order valence-electron chi connectivity index (χ0n) is 14.6. The average molecular weight is 316 g/mol. The molecule has 1 saturated heterocycles. The van der Waals surface area contributed by atoms with Crippen molar-refractivity contribution in [1.82, 2.24) is 19.6 Å². The van der Waals surface area contributed by atoms with Crippen LogP contribution in [0.4, 0.5) is 0 Å². The van der Waals surface area contributed by atoms with Crippen molar-refractivity contribution >= 4 is 11.5 Å². The van der Waals surface area contributed by atoms with E-state index in [4.69, 9.17) is 0 Å². The van der Waals surface area contributed by atoms with Crippen LogP contribution < -0.4 is 0 Å². The Hall–Kier alpha value is -1.62. The molecule has 0 saturated carbocycles. The van der Waals surface area contributed by atoms with Gasteiger partial charge in [-0.25, -0.2) is 0 Å². The van der Waals surface area contributed by atoms with Crippen molar-refractivity contribution < 1.29 is 4.79 Å². The first-order chi connectivity index (χ1) is 10.9. The predicted octanol–water partition coefficient (Wildman–Crippen LogP) is 2.35. The van der Waals surface area contributed by atoms with Crippen molar-refractivity contribution in [3.8, 4) is 0 Å². The van der Waals surface area contributed by atoms with Gasteiger partial charge in [0.1, 0.15) is 0 Å². The Morgan fingerprint density at radius 2 is 2.00 bits per heavy atom. The van der Waals surface area contributed by atoms with E-state index in [1.54, 1.807) is 0 Å². The van der Waals surface area contributed by atoms with Crippen LogP contribution in [0, 0.1) is 0 Å². The third-order valence-corrected chi connectivity index (χ3v) is 4.79. The molecular formula is C18H28N4O. The molecule has 0 bridgehead atoms. The van der Waals surface area contributed by atoms with Gasteiger partial charge in [0.2, 0.25) is 5.91 Å². The molecule has 1 aromatic rings. The van der Waals surface area contributed by atoms with E-state index in [2.05, 4.69) is 43.0 Å². The lowest BCUT2D eigenvalue weighted by molar-refractivity contribution is -0.127. The number of rotatable bonds is 4. The summed E-state index contributed by atoms with van der Waals surface area (Å²) in [5.41, 5.74) is 2.67. The van der Waals surface area contributed by atoms with Crippen molar-refractivity contribution in [1.29, 1.82) is 0 Å². The number of hydrogen-bond donors (Lipinski definition) is 0. The molecule has 0 spiro atoms. The summed E-state index contributed by atoms with van der Waals surface area (Å²) in [6.45, 7) is 11.3. The number of aromatic nitrogens is 2. The molecule has 126 valence electrons. The van der Waals surface area contributed by atoms with Crippen molar-refractivity contribution in [3.05, 3.63) is 24.0 Å². The molecule has 0 unspecified atom stereocenters. The monoisotopic (exact) mass is 316 g/mol. The van der Waals surface area contributed by atoms with Gasteiger partial charge in [0, 0.05) is 50.9 Å². The highest BCUT2D eigenvalue weighted by atomic mass is 16.2. The molecule has 5 heteroatoms. The molecule has 0 aromatic carbocycles. The summed E-state index contributed by atoms with van der Waals surface area (Å²) in [6, 6.07) is 0. The minimum absolute atomic E-state index is 0.0295. The van der Waals surface area contributed by atoms with E-state index in [9.17, 15) is 4.79 Å². The molecular weight excluding hydrogens is 288 g/mol. The Morgan fingerprint density at radius 1 is 1.17 bits per heavy atom. The smallest absolute Gasteiger partial charge is 0.222 e. The molecule has 0 aliphatic carbocycles. The van der Waals surface area contributed by atoms with E-state index >= 15 is 0 Å². The summed E-state index contributed by atoms with van der Waals surface area (Å²) < 4.78 is 2.04. The number of amides is 1. The van der Waals surface area contributed by atoms with Gasteiger partial charge in [0.25, 0.3) is 0 Å². The van der Waals surface area contributed by atoms with Crippen LogP contribution >= 0.6 is 0 Å². The van der Waals surface area contributed by atoms with Crippen LogP contribution in [-0.2, 0) is 10.3 Å². The average Bonchev–Trinajstić information content (AvgIpc) is 3.14. The molecule has 3 heterocycles. The lowest BCUT2D eigenvalue weighted by atomic mass is 10.0. The van der Waals surface area contributed by atoms with E-state index in [0.717, 1.165) is 52.0 Å². The minimum Gasteiger partial charge on any atom is -0.341 e. The summed E-state index contributed by atoms with van der Waals surface area (Å²) in [5, 5.41) is 4.50. The second-order valence-corrected chi connectivity index (χ2v) is 7.61.